The van der Waals surface area contributed by atoms with Gasteiger partial charge >= 0.3 is 5.97 Å². The van der Waals surface area contributed by atoms with Crippen LogP contribution in [0.25, 0.3) is 10.9 Å². The van der Waals surface area contributed by atoms with Crippen LogP contribution in [0.5, 0.6) is 0 Å². The Morgan fingerprint density at radius 3 is 2.88 bits per heavy atom. The second-order valence-electron chi connectivity index (χ2n) is 4.30. The first-order valence-corrected chi connectivity index (χ1v) is 5.44. The number of aromatic nitrogens is 2. The molecule has 4 heteroatoms. The number of carboxylic acid groups (broad SMARTS) is 1. The lowest BCUT2D eigenvalue weighted by Crippen LogP contribution is -2.04. The molecule has 4 nitrogen and oxygen atoms in total. The third kappa shape index (κ3) is 1.46. The second kappa shape index (κ2) is 3.33. The Morgan fingerprint density at radius 1 is 1.44 bits per heavy atom. The van der Waals surface area contributed by atoms with Gasteiger partial charge in [-0.3, -0.25) is 4.68 Å². The summed E-state index contributed by atoms with van der Waals surface area (Å²) in [7, 11) is 0. The van der Waals surface area contributed by atoms with E-state index in [0.29, 0.717) is 5.92 Å². The van der Waals surface area contributed by atoms with Gasteiger partial charge in [0.15, 0.2) is 5.69 Å². The molecular formula is C12H12N2O2. The van der Waals surface area contributed by atoms with Crippen molar-refractivity contribution in [1.29, 1.82) is 0 Å². The number of nitrogens with zero attached hydrogens (tertiary/aromatic N) is 2. The van der Waals surface area contributed by atoms with Crippen LogP contribution < -0.4 is 0 Å². The molecule has 0 amide bonds. The Morgan fingerprint density at radius 2 is 2.19 bits per heavy atom. The summed E-state index contributed by atoms with van der Waals surface area (Å²) in [6.07, 6.45) is 2.47. The van der Waals surface area contributed by atoms with Crippen molar-refractivity contribution in [2.75, 3.05) is 0 Å². The molecule has 0 spiro atoms. The Labute approximate surface area is 92.5 Å². The minimum Gasteiger partial charge on any atom is -0.476 e. The molecule has 16 heavy (non-hydrogen) atoms. The molecule has 1 aromatic heterocycles. The summed E-state index contributed by atoms with van der Waals surface area (Å²) in [4.78, 5) is 11.1. The van der Waals surface area contributed by atoms with Gasteiger partial charge in [-0.15, -0.1) is 0 Å². The number of carbonyl (C=O) groups is 1. The van der Waals surface area contributed by atoms with Crippen molar-refractivity contribution in [2.24, 2.45) is 5.92 Å². The van der Waals surface area contributed by atoms with Gasteiger partial charge in [0, 0.05) is 11.9 Å². The Hall–Kier alpha value is -1.84. The van der Waals surface area contributed by atoms with E-state index < -0.39 is 5.97 Å². The van der Waals surface area contributed by atoms with Crippen molar-refractivity contribution in [3.63, 3.8) is 0 Å². The molecule has 1 N–H and O–H groups in total. The summed E-state index contributed by atoms with van der Waals surface area (Å²) in [6, 6.07) is 7.50. The van der Waals surface area contributed by atoms with E-state index in [1.165, 1.54) is 12.8 Å². The van der Waals surface area contributed by atoms with E-state index in [0.717, 1.165) is 17.4 Å². The zero-order chi connectivity index (χ0) is 11.1. The van der Waals surface area contributed by atoms with Crippen LogP contribution in [0, 0.1) is 5.92 Å². The normalized spacial score (nSPS) is 15.5. The molecule has 1 aliphatic rings. The van der Waals surface area contributed by atoms with Gasteiger partial charge in [-0.1, -0.05) is 18.2 Å². The highest BCUT2D eigenvalue weighted by Gasteiger charge is 2.24. The van der Waals surface area contributed by atoms with Crippen molar-refractivity contribution in [1.82, 2.24) is 9.78 Å². The average molecular weight is 216 g/mol. The maximum Gasteiger partial charge on any atom is 0.357 e. The molecular weight excluding hydrogens is 204 g/mol. The summed E-state index contributed by atoms with van der Waals surface area (Å²) in [6.45, 7) is 0.841. The lowest BCUT2D eigenvalue weighted by Gasteiger charge is -2.00. The number of rotatable bonds is 3. The first-order chi connectivity index (χ1) is 7.75. The maximum atomic E-state index is 11.1. The van der Waals surface area contributed by atoms with Gasteiger partial charge in [0.1, 0.15) is 0 Å². The lowest BCUT2D eigenvalue weighted by molar-refractivity contribution is 0.0691. The molecule has 0 atom stereocenters. The van der Waals surface area contributed by atoms with Crippen LogP contribution in [0.3, 0.4) is 0 Å². The quantitative estimate of drug-likeness (QED) is 0.855. The van der Waals surface area contributed by atoms with Gasteiger partial charge in [-0.05, 0) is 24.8 Å². The number of benzene rings is 1. The third-order valence-corrected chi connectivity index (χ3v) is 2.99. The minimum atomic E-state index is -0.953. The molecule has 0 unspecified atom stereocenters. The smallest absolute Gasteiger partial charge is 0.357 e. The van der Waals surface area contributed by atoms with Crippen LogP contribution in [0.4, 0.5) is 0 Å². The number of carboxylic acids is 1. The minimum absolute atomic E-state index is 0.163. The molecule has 1 fully saturated rings. The molecule has 2 aromatic rings. The van der Waals surface area contributed by atoms with Crippen LogP contribution in [0.2, 0.25) is 0 Å². The van der Waals surface area contributed by atoms with E-state index in [1.807, 2.05) is 28.9 Å². The Balaban J connectivity index is 2.15. The van der Waals surface area contributed by atoms with Gasteiger partial charge in [-0.2, -0.15) is 5.10 Å². The summed E-state index contributed by atoms with van der Waals surface area (Å²) in [5.41, 5.74) is 1.09. The fraction of sp³-hybridized carbons (Fsp3) is 0.333. The van der Waals surface area contributed by atoms with Crippen molar-refractivity contribution >= 4 is 16.9 Å². The van der Waals surface area contributed by atoms with Gasteiger partial charge < -0.3 is 5.11 Å². The molecule has 1 aromatic carbocycles. The number of hydrogen-bond donors (Lipinski definition) is 1. The van der Waals surface area contributed by atoms with Crippen LogP contribution in [-0.4, -0.2) is 20.9 Å². The predicted molar refractivity (Wildman–Crippen MR) is 59.4 cm³/mol. The van der Waals surface area contributed by atoms with E-state index in [4.69, 9.17) is 5.11 Å². The lowest BCUT2D eigenvalue weighted by atomic mass is 10.2. The highest BCUT2D eigenvalue weighted by Crippen LogP contribution is 2.32. The summed E-state index contributed by atoms with van der Waals surface area (Å²) < 4.78 is 1.83. The van der Waals surface area contributed by atoms with Gasteiger partial charge in [0.05, 0.1) is 5.52 Å². The van der Waals surface area contributed by atoms with Gasteiger partial charge in [0.2, 0.25) is 0 Å². The van der Waals surface area contributed by atoms with Crippen molar-refractivity contribution < 1.29 is 9.90 Å². The number of fused-ring (bicyclic) bond motifs is 1. The second-order valence-corrected chi connectivity index (χ2v) is 4.30. The van der Waals surface area contributed by atoms with E-state index in [1.54, 1.807) is 0 Å². The Kier molecular flexibility index (Phi) is 1.96. The number of para-hydroxylation sites is 1. The summed E-state index contributed by atoms with van der Waals surface area (Å²) in [5.74, 6) is -0.268. The average Bonchev–Trinajstić information content (AvgIpc) is 3.00. The first-order valence-electron chi connectivity index (χ1n) is 5.44. The summed E-state index contributed by atoms with van der Waals surface area (Å²) in [5, 5.41) is 14.0. The standard InChI is InChI=1S/C12H12N2O2/c15-12(16)11-9-3-1-2-4-10(9)14(13-11)7-8-5-6-8/h1-4,8H,5-7H2,(H,15,16). The van der Waals surface area contributed by atoms with Crippen LogP contribution in [0.15, 0.2) is 24.3 Å². The van der Waals surface area contributed by atoms with E-state index >= 15 is 0 Å². The molecule has 0 bridgehead atoms. The Bertz CT molecular complexity index is 555. The van der Waals surface area contributed by atoms with Crippen molar-refractivity contribution in [2.45, 2.75) is 19.4 Å². The number of hydrogen-bond acceptors (Lipinski definition) is 2. The highest BCUT2D eigenvalue weighted by atomic mass is 16.4. The topological polar surface area (TPSA) is 55.1 Å². The van der Waals surface area contributed by atoms with Crippen LogP contribution in [0.1, 0.15) is 23.3 Å². The SMILES string of the molecule is O=C(O)c1nn(CC2CC2)c2ccccc12. The largest absolute Gasteiger partial charge is 0.476 e. The molecule has 0 saturated heterocycles. The number of aromatic carboxylic acids is 1. The molecule has 0 radical (unpaired) electrons. The maximum absolute atomic E-state index is 11.1. The van der Waals surface area contributed by atoms with Gasteiger partial charge in [0.25, 0.3) is 0 Å². The predicted octanol–water partition coefficient (Wildman–Crippen LogP) is 2.14. The molecule has 1 heterocycles. The molecule has 1 aliphatic carbocycles. The van der Waals surface area contributed by atoms with E-state index in [9.17, 15) is 4.79 Å². The monoisotopic (exact) mass is 216 g/mol. The first kappa shape index (κ1) is 9.39. The van der Waals surface area contributed by atoms with E-state index in [2.05, 4.69) is 5.10 Å². The van der Waals surface area contributed by atoms with Crippen LogP contribution in [-0.2, 0) is 6.54 Å². The molecule has 3 rings (SSSR count). The summed E-state index contributed by atoms with van der Waals surface area (Å²) >= 11 is 0. The zero-order valence-corrected chi connectivity index (χ0v) is 8.76. The molecule has 1 saturated carbocycles. The fourth-order valence-electron chi connectivity index (χ4n) is 1.97. The van der Waals surface area contributed by atoms with Crippen molar-refractivity contribution in [3.05, 3.63) is 30.0 Å². The van der Waals surface area contributed by atoms with Crippen LogP contribution >= 0.6 is 0 Å². The molecule has 82 valence electrons. The fourth-order valence-corrected chi connectivity index (χ4v) is 1.97. The third-order valence-electron chi connectivity index (χ3n) is 2.99. The highest BCUT2D eigenvalue weighted by molar-refractivity contribution is 6.01. The van der Waals surface area contributed by atoms with E-state index in [-0.39, 0.29) is 5.69 Å². The van der Waals surface area contributed by atoms with Crippen molar-refractivity contribution in [3.8, 4) is 0 Å². The molecule has 0 aliphatic heterocycles. The zero-order valence-electron chi connectivity index (χ0n) is 8.76. The van der Waals surface area contributed by atoms with Gasteiger partial charge in [-0.25, -0.2) is 4.79 Å².